The van der Waals surface area contributed by atoms with Crippen LogP contribution >= 0.6 is 11.6 Å². The van der Waals surface area contributed by atoms with Crippen LogP contribution in [0.1, 0.15) is 17.3 Å². The smallest absolute Gasteiger partial charge is 0.326 e. The molecule has 0 fully saturated rings. The topological polar surface area (TPSA) is 70.5 Å². The third kappa shape index (κ3) is 2.58. The molecule has 0 saturated carbocycles. The lowest BCUT2D eigenvalue weighted by atomic mass is 10.1. The summed E-state index contributed by atoms with van der Waals surface area (Å²) in [5.74, 6) is -1.47. The standard InChI is InChI=1S/C14H13ClN2O3/c1-8(14(19)20)17(2)13(18)10-7-12(15)16-11-6-4-3-5-9(10)11/h3-8H,1-2H3,(H,19,20). The predicted octanol–water partition coefficient (Wildman–Crippen LogP) is 2.43. The van der Waals surface area contributed by atoms with E-state index in [4.69, 9.17) is 16.7 Å². The fourth-order valence-corrected chi connectivity index (χ4v) is 2.05. The normalized spacial score (nSPS) is 12.2. The molecule has 0 spiro atoms. The molecule has 1 atom stereocenters. The Bertz CT molecular complexity index is 687. The number of aliphatic carboxylic acids is 1. The molecule has 0 aliphatic rings. The third-order valence-electron chi connectivity index (χ3n) is 3.17. The van der Waals surface area contributed by atoms with Crippen molar-refractivity contribution in [2.45, 2.75) is 13.0 Å². The highest BCUT2D eigenvalue weighted by molar-refractivity contribution is 6.30. The van der Waals surface area contributed by atoms with E-state index in [0.29, 0.717) is 16.5 Å². The number of aromatic nitrogens is 1. The molecule has 1 unspecified atom stereocenters. The van der Waals surface area contributed by atoms with E-state index >= 15 is 0 Å². The van der Waals surface area contributed by atoms with Crippen LogP contribution in [0.15, 0.2) is 30.3 Å². The first-order valence-corrected chi connectivity index (χ1v) is 6.35. The summed E-state index contributed by atoms with van der Waals surface area (Å²) in [5, 5.41) is 9.83. The van der Waals surface area contributed by atoms with Gasteiger partial charge in [-0.3, -0.25) is 4.79 Å². The highest BCUT2D eigenvalue weighted by Gasteiger charge is 2.24. The van der Waals surface area contributed by atoms with Crippen molar-refractivity contribution in [2.24, 2.45) is 0 Å². The molecule has 0 bridgehead atoms. The fourth-order valence-electron chi connectivity index (χ4n) is 1.85. The highest BCUT2D eigenvalue weighted by Crippen LogP contribution is 2.22. The summed E-state index contributed by atoms with van der Waals surface area (Å²) in [7, 11) is 1.45. The van der Waals surface area contributed by atoms with Crippen LogP contribution in [0.4, 0.5) is 0 Å². The number of likely N-dealkylation sites (N-methyl/N-ethyl adjacent to an activating group) is 1. The monoisotopic (exact) mass is 292 g/mol. The van der Waals surface area contributed by atoms with Crippen LogP contribution < -0.4 is 0 Å². The summed E-state index contributed by atoms with van der Waals surface area (Å²) in [5.41, 5.74) is 0.941. The number of fused-ring (bicyclic) bond motifs is 1. The van der Waals surface area contributed by atoms with Crippen molar-refractivity contribution >= 4 is 34.4 Å². The molecule has 20 heavy (non-hydrogen) atoms. The zero-order valence-electron chi connectivity index (χ0n) is 11.0. The summed E-state index contributed by atoms with van der Waals surface area (Å²) >= 11 is 5.92. The Morgan fingerprint density at radius 3 is 2.65 bits per heavy atom. The summed E-state index contributed by atoms with van der Waals surface area (Å²) in [4.78, 5) is 28.7. The zero-order chi connectivity index (χ0) is 14.9. The Balaban J connectivity index is 2.52. The van der Waals surface area contributed by atoms with Crippen molar-refractivity contribution in [3.63, 3.8) is 0 Å². The van der Waals surface area contributed by atoms with Gasteiger partial charge in [-0.25, -0.2) is 9.78 Å². The predicted molar refractivity (Wildman–Crippen MR) is 75.9 cm³/mol. The van der Waals surface area contributed by atoms with Gasteiger partial charge in [-0.1, -0.05) is 29.8 Å². The maximum atomic E-state index is 12.4. The number of carboxylic acid groups (broad SMARTS) is 1. The number of carbonyl (C=O) groups is 2. The van der Waals surface area contributed by atoms with Gasteiger partial charge in [0.2, 0.25) is 0 Å². The van der Waals surface area contributed by atoms with Gasteiger partial charge in [0.25, 0.3) is 5.91 Å². The Hall–Kier alpha value is -2.14. The minimum Gasteiger partial charge on any atom is -0.480 e. The van der Waals surface area contributed by atoms with Crippen LogP contribution in [-0.4, -0.2) is 40.0 Å². The molecule has 0 aliphatic heterocycles. The van der Waals surface area contributed by atoms with Crippen LogP contribution in [-0.2, 0) is 4.79 Å². The van der Waals surface area contributed by atoms with Crippen LogP contribution in [0, 0.1) is 0 Å². The average Bonchev–Trinajstić information content (AvgIpc) is 2.43. The van der Waals surface area contributed by atoms with E-state index < -0.39 is 17.9 Å². The number of pyridine rings is 1. The van der Waals surface area contributed by atoms with E-state index in [-0.39, 0.29) is 5.15 Å². The van der Waals surface area contributed by atoms with Crippen molar-refractivity contribution in [1.29, 1.82) is 0 Å². The number of carbonyl (C=O) groups excluding carboxylic acids is 1. The first-order chi connectivity index (χ1) is 9.41. The SMILES string of the molecule is CC(C(=O)O)N(C)C(=O)c1cc(Cl)nc2ccccc12. The van der Waals surface area contributed by atoms with Gasteiger partial charge in [0.15, 0.2) is 0 Å². The molecule has 1 aromatic carbocycles. The molecule has 1 aromatic heterocycles. The summed E-state index contributed by atoms with van der Waals surface area (Å²) in [6, 6.07) is 7.62. The summed E-state index contributed by atoms with van der Waals surface area (Å²) in [6.07, 6.45) is 0. The molecule has 0 saturated heterocycles. The number of benzene rings is 1. The molecule has 5 nitrogen and oxygen atoms in total. The number of rotatable bonds is 3. The molecular weight excluding hydrogens is 280 g/mol. The first kappa shape index (κ1) is 14.3. The number of hydrogen-bond donors (Lipinski definition) is 1. The average molecular weight is 293 g/mol. The molecule has 1 amide bonds. The molecule has 2 aromatic rings. The van der Waals surface area contributed by atoms with E-state index in [2.05, 4.69) is 4.98 Å². The molecule has 0 radical (unpaired) electrons. The fraction of sp³-hybridized carbons (Fsp3) is 0.214. The van der Waals surface area contributed by atoms with Crippen molar-refractivity contribution < 1.29 is 14.7 Å². The van der Waals surface area contributed by atoms with E-state index in [1.54, 1.807) is 24.3 Å². The van der Waals surface area contributed by atoms with Crippen molar-refractivity contribution in [3.8, 4) is 0 Å². The Kier molecular flexibility index (Phi) is 3.90. The molecular formula is C14H13ClN2O3. The van der Waals surface area contributed by atoms with Gasteiger partial charge in [0.05, 0.1) is 11.1 Å². The van der Waals surface area contributed by atoms with E-state index in [1.807, 2.05) is 0 Å². The quantitative estimate of drug-likeness (QED) is 0.882. The van der Waals surface area contributed by atoms with Crippen LogP contribution in [0.5, 0.6) is 0 Å². The van der Waals surface area contributed by atoms with Gasteiger partial charge in [-0.15, -0.1) is 0 Å². The van der Waals surface area contributed by atoms with E-state index in [9.17, 15) is 9.59 Å². The third-order valence-corrected chi connectivity index (χ3v) is 3.37. The van der Waals surface area contributed by atoms with E-state index in [1.165, 1.54) is 24.9 Å². The largest absolute Gasteiger partial charge is 0.480 e. The molecule has 1 N–H and O–H groups in total. The van der Waals surface area contributed by atoms with Crippen molar-refractivity contribution in [2.75, 3.05) is 7.05 Å². The second-order valence-corrected chi connectivity index (χ2v) is 4.83. The lowest BCUT2D eigenvalue weighted by Crippen LogP contribution is -2.40. The number of para-hydroxylation sites is 1. The maximum Gasteiger partial charge on any atom is 0.326 e. The zero-order valence-corrected chi connectivity index (χ0v) is 11.8. The van der Waals surface area contributed by atoms with Gasteiger partial charge in [0, 0.05) is 12.4 Å². The lowest BCUT2D eigenvalue weighted by molar-refractivity contribution is -0.141. The van der Waals surface area contributed by atoms with Gasteiger partial charge in [-0.2, -0.15) is 0 Å². The molecule has 6 heteroatoms. The van der Waals surface area contributed by atoms with Gasteiger partial charge in [0.1, 0.15) is 11.2 Å². The summed E-state index contributed by atoms with van der Waals surface area (Å²) < 4.78 is 0. The second kappa shape index (κ2) is 5.46. The van der Waals surface area contributed by atoms with Gasteiger partial charge in [-0.05, 0) is 19.1 Å². The number of amides is 1. The molecule has 1 heterocycles. The minimum absolute atomic E-state index is 0.198. The van der Waals surface area contributed by atoms with Crippen LogP contribution in [0.2, 0.25) is 5.15 Å². The highest BCUT2D eigenvalue weighted by atomic mass is 35.5. The van der Waals surface area contributed by atoms with Crippen molar-refractivity contribution in [3.05, 3.63) is 41.0 Å². The number of nitrogens with zero attached hydrogens (tertiary/aromatic N) is 2. The summed E-state index contributed by atoms with van der Waals surface area (Å²) in [6.45, 7) is 1.45. The first-order valence-electron chi connectivity index (χ1n) is 5.97. The second-order valence-electron chi connectivity index (χ2n) is 4.44. The van der Waals surface area contributed by atoms with Gasteiger partial charge >= 0.3 is 5.97 Å². The Morgan fingerprint density at radius 2 is 2.00 bits per heavy atom. The molecule has 104 valence electrons. The Morgan fingerprint density at radius 1 is 1.35 bits per heavy atom. The number of halogens is 1. The minimum atomic E-state index is -1.06. The van der Waals surface area contributed by atoms with E-state index in [0.717, 1.165) is 0 Å². The number of hydrogen-bond acceptors (Lipinski definition) is 3. The lowest BCUT2D eigenvalue weighted by Gasteiger charge is -2.22. The Labute approximate surface area is 120 Å². The van der Waals surface area contributed by atoms with Crippen LogP contribution in [0.25, 0.3) is 10.9 Å². The molecule has 2 rings (SSSR count). The maximum absolute atomic E-state index is 12.4. The van der Waals surface area contributed by atoms with Gasteiger partial charge < -0.3 is 10.0 Å². The van der Waals surface area contributed by atoms with Crippen molar-refractivity contribution in [1.82, 2.24) is 9.88 Å². The number of carboxylic acids is 1. The van der Waals surface area contributed by atoms with Crippen LogP contribution in [0.3, 0.4) is 0 Å². The molecule has 0 aliphatic carbocycles.